The zero-order valence-electron chi connectivity index (χ0n) is 11.8. The third kappa shape index (κ3) is 2.51. The van der Waals surface area contributed by atoms with Crippen molar-refractivity contribution in [3.05, 3.63) is 34.5 Å². The molecule has 1 N–H and O–H groups in total. The maximum atomic E-state index is 12.3. The van der Waals surface area contributed by atoms with Crippen molar-refractivity contribution in [1.82, 2.24) is 0 Å². The minimum Gasteiger partial charge on any atom is -0.744 e. The smallest absolute Gasteiger partial charge is 0.744 e. The van der Waals surface area contributed by atoms with Crippen molar-refractivity contribution in [2.75, 3.05) is 0 Å². The fourth-order valence-corrected chi connectivity index (χ4v) is 3.26. The number of hydrogen-bond acceptors (Lipinski definition) is 4. The maximum absolute atomic E-state index is 12.3. The monoisotopic (exact) mass is 293 g/mol. The van der Waals surface area contributed by atoms with E-state index in [-0.39, 0.29) is 39.5 Å². The van der Waals surface area contributed by atoms with E-state index < -0.39 is 21.2 Å². The van der Waals surface area contributed by atoms with Crippen LogP contribution in [0.3, 0.4) is 0 Å². The summed E-state index contributed by atoms with van der Waals surface area (Å²) in [5.74, 6) is 0. The summed E-state index contributed by atoms with van der Waals surface area (Å²) < 4.78 is 33.1. The molecule has 1 aromatic rings. The molecule has 0 saturated carbocycles. The van der Waals surface area contributed by atoms with Gasteiger partial charge in [-0.2, -0.15) is 0 Å². The molecular weight excluding hydrogens is 277 g/mol. The summed E-state index contributed by atoms with van der Waals surface area (Å²) in [6, 6.07) is 4.19. The van der Waals surface area contributed by atoms with Gasteiger partial charge in [-0.3, -0.25) is 0 Å². The first-order valence-corrected chi connectivity index (χ1v) is 7.05. The van der Waals surface area contributed by atoms with Crippen LogP contribution >= 0.6 is 0 Å². The Labute approximate surface area is 135 Å². The van der Waals surface area contributed by atoms with E-state index in [0.29, 0.717) is 5.56 Å². The summed E-state index contributed by atoms with van der Waals surface area (Å²) in [6.07, 6.45) is 0. The first-order chi connectivity index (χ1) is 7.99. The van der Waals surface area contributed by atoms with Gasteiger partial charge in [0.2, 0.25) is 0 Å². The second-order valence-corrected chi connectivity index (χ2v) is 7.12. The Morgan fingerprint density at radius 2 is 1.53 bits per heavy atom. The molecule has 1 aliphatic rings. The van der Waals surface area contributed by atoms with Crippen LogP contribution < -0.4 is 34.6 Å². The summed E-state index contributed by atoms with van der Waals surface area (Å²) in [5.41, 5.74) is 0.0168. The molecule has 5 nitrogen and oxygen atoms in total. The molecule has 100 valence electrons. The van der Waals surface area contributed by atoms with Crippen LogP contribution in [-0.4, -0.2) is 13.0 Å². The van der Waals surface area contributed by atoms with Crippen molar-refractivity contribution < 1.29 is 47.6 Å². The predicted octanol–water partition coefficient (Wildman–Crippen LogP) is -2.54. The number of benzene rings is 1. The van der Waals surface area contributed by atoms with Crippen molar-refractivity contribution in [3.63, 3.8) is 0 Å². The Balaban J connectivity index is 0.00000180. The molecule has 0 saturated heterocycles. The Hall–Kier alpha value is 0.0500. The van der Waals surface area contributed by atoms with Gasteiger partial charge >= 0.3 is 29.6 Å². The third-order valence-corrected chi connectivity index (χ3v) is 4.59. The topological polar surface area (TPSA) is 84.7 Å². The van der Waals surface area contributed by atoms with E-state index in [0.717, 1.165) is 5.56 Å². The van der Waals surface area contributed by atoms with Gasteiger partial charge in [-0.1, -0.05) is 6.07 Å². The van der Waals surface area contributed by atoms with E-state index >= 15 is 0 Å². The first-order valence-electron chi connectivity index (χ1n) is 5.65. The number of hydroxylamine groups is 2. The van der Waals surface area contributed by atoms with E-state index in [9.17, 15) is 18.2 Å². The molecule has 0 spiro atoms. The van der Waals surface area contributed by atoms with Crippen molar-refractivity contribution >= 4 is 10.1 Å². The van der Waals surface area contributed by atoms with E-state index in [2.05, 4.69) is 0 Å². The second kappa shape index (κ2) is 4.80. The maximum Gasteiger partial charge on any atom is 1.00 e. The van der Waals surface area contributed by atoms with Gasteiger partial charge in [0, 0.05) is 11.1 Å². The molecular formula is C12H16NNaO4S. The largest absolute Gasteiger partial charge is 1.00 e. The van der Waals surface area contributed by atoms with Crippen molar-refractivity contribution in [1.29, 1.82) is 0 Å². The standard InChI is InChI=1S/C12H17NO4S.Na/c1-11(2)9-6-5-8(18(15,16)17)7-10(9)12(3,4)13(11)14;/h5-7,13H,1-4H3,(H,15,16,17);/q;+1/p-1. The molecule has 1 aliphatic heterocycles. The molecule has 0 aliphatic carbocycles. The Morgan fingerprint density at radius 3 is 2.00 bits per heavy atom. The SMILES string of the molecule is CC1(C)c2ccc(S(=O)(=O)[O-])cc2C(C)(C)[NH+]1[O-].[Na+]. The van der Waals surface area contributed by atoms with Crippen LogP contribution in [-0.2, 0) is 21.2 Å². The van der Waals surface area contributed by atoms with Gasteiger partial charge < -0.3 is 14.8 Å². The molecule has 1 heterocycles. The number of rotatable bonds is 1. The van der Waals surface area contributed by atoms with Gasteiger partial charge in [0.15, 0.2) is 0 Å². The van der Waals surface area contributed by atoms with Crippen LogP contribution in [0.1, 0.15) is 38.8 Å². The molecule has 2 rings (SSSR count). The van der Waals surface area contributed by atoms with Crippen LogP contribution in [0.25, 0.3) is 0 Å². The molecule has 7 heteroatoms. The average Bonchev–Trinajstić information content (AvgIpc) is 2.37. The van der Waals surface area contributed by atoms with Crippen LogP contribution in [0, 0.1) is 5.21 Å². The molecule has 0 aromatic heterocycles. The number of hydrogen-bond donors (Lipinski definition) is 1. The molecule has 1 aromatic carbocycles. The Kier molecular flexibility index (Phi) is 4.32. The summed E-state index contributed by atoms with van der Waals surface area (Å²) in [7, 11) is -4.49. The molecule has 0 fully saturated rings. The van der Waals surface area contributed by atoms with E-state index in [1.165, 1.54) is 12.1 Å². The Bertz CT molecular complexity index is 610. The number of quaternary nitrogens is 1. The van der Waals surface area contributed by atoms with Gasteiger partial charge in [-0.05, 0) is 39.8 Å². The normalized spacial score (nSPS) is 23.6. The summed E-state index contributed by atoms with van der Waals surface area (Å²) in [4.78, 5) is -0.278. The minimum absolute atomic E-state index is 0. The summed E-state index contributed by atoms with van der Waals surface area (Å²) in [6.45, 7) is 7.14. The fourth-order valence-electron chi connectivity index (χ4n) is 2.77. The van der Waals surface area contributed by atoms with Crippen LogP contribution in [0.4, 0.5) is 0 Å². The molecule has 0 amide bonds. The first kappa shape index (κ1) is 17.1. The third-order valence-electron chi connectivity index (χ3n) is 3.76. The predicted molar refractivity (Wildman–Crippen MR) is 64.8 cm³/mol. The van der Waals surface area contributed by atoms with Gasteiger partial charge in [-0.25, -0.2) is 8.42 Å². The zero-order chi connectivity index (χ0) is 13.9. The van der Waals surface area contributed by atoms with Crippen LogP contribution in [0.15, 0.2) is 23.1 Å². The van der Waals surface area contributed by atoms with E-state index in [1.54, 1.807) is 19.9 Å². The number of nitrogens with one attached hydrogen (secondary N) is 1. The summed E-state index contributed by atoms with van der Waals surface area (Å²) >= 11 is 0. The quantitative estimate of drug-likeness (QED) is 0.351. The fraction of sp³-hybridized carbons (Fsp3) is 0.500. The molecule has 0 bridgehead atoms. The van der Waals surface area contributed by atoms with Gasteiger partial charge in [0.25, 0.3) is 0 Å². The molecule has 1 atom stereocenters. The van der Waals surface area contributed by atoms with Crippen molar-refractivity contribution in [3.8, 4) is 0 Å². The minimum atomic E-state index is -4.49. The van der Waals surface area contributed by atoms with Gasteiger partial charge in [-0.15, -0.1) is 0 Å². The van der Waals surface area contributed by atoms with Crippen molar-refractivity contribution in [2.45, 2.75) is 43.7 Å². The second-order valence-electron chi connectivity index (χ2n) is 5.74. The molecule has 1 unspecified atom stereocenters. The van der Waals surface area contributed by atoms with Crippen molar-refractivity contribution in [2.24, 2.45) is 0 Å². The van der Waals surface area contributed by atoms with E-state index in [4.69, 9.17) is 0 Å². The van der Waals surface area contributed by atoms with E-state index in [1.807, 2.05) is 13.8 Å². The summed E-state index contributed by atoms with van der Waals surface area (Å²) in [5, 5.41) is 12.4. The average molecular weight is 293 g/mol. The molecule has 0 radical (unpaired) electrons. The van der Waals surface area contributed by atoms with Gasteiger partial charge in [0.1, 0.15) is 21.2 Å². The zero-order valence-corrected chi connectivity index (χ0v) is 14.6. The number of fused-ring (bicyclic) bond motifs is 1. The Morgan fingerprint density at radius 1 is 1.05 bits per heavy atom. The molecule has 19 heavy (non-hydrogen) atoms. The van der Waals surface area contributed by atoms with Crippen LogP contribution in [0.2, 0.25) is 0 Å². The van der Waals surface area contributed by atoms with Gasteiger partial charge in [0.05, 0.1) is 4.90 Å². The van der Waals surface area contributed by atoms with Crippen LogP contribution in [0.5, 0.6) is 0 Å².